The van der Waals surface area contributed by atoms with Crippen molar-refractivity contribution < 1.29 is 4.92 Å². The molecule has 2 aliphatic carbocycles. The van der Waals surface area contributed by atoms with E-state index in [1.54, 1.807) is 6.07 Å². The molecule has 6 nitrogen and oxygen atoms in total. The van der Waals surface area contributed by atoms with Crippen molar-refractivity contribution in [2.24, 2.45) is 17.8 Å². The number of hydrogen-bond acceptors (Lipinski definition) is 5. The summed E-state index contributed by atoms with van der Waals surface area (Å²) in [6.07, 6.45) is 5.39. The lowest BCUT2D eigenvalue weighted by Gasteiger charge is -2.28. The number of nitrogens with two attached hydrogens (primary N) is 1. The third-order valence-corrected chi connectivity index (χ3v) is 4.91. The normalized spacial score (nSPS) is 29.4. The average Bonchev–Trinajstić information content (AvgIpc) is 3.00. The second kappa shape index (κ2) is 4.92. The highest BCUT2D eigenvalue weighted by Crippen LogP contribution is 2.49. The van der Waals surface area contributed by atoms with E-state index in [-0.39, 0.29) is 11.5 Å². The molecule has 0 aliphatic heterocycles. The first-order valence-electron chi connectivity index (χ1n) is 7.22. The number of hydrogen-bond donors (Lipinski definition) is 2. The van der Waals surface area contributed by atoms with Gasteiger partial charge < -0.3 is 11.1 Å². The molecule has 1 heterocycles. The number of aromatic nitrogens is 1. The van der Waals surface area contributed by atoms with Crippen molar-refractivity contribution in [3.63, 3.8) is 0 Å². The van der Waals surface area contributed by atoms with E-state index in [0.29, 0.717) is 17.8 Å². The van der Waals surface area contributed by atoms with Gasteiger partial charge in [-0.15, -0.1) is 0 Å². The Kier molecular flexibility index (Phi) is 3.23. The number of nitrogen functional groups attached to an aromatic ring is 1. The highest BCUT2D eigenvalue weighted by atomic mass is 16.6. The van der Waals surface area contributed by atoms with Gasteiger partial charge in [0.25, 0.3) is 0 Å². The summed E-state index contributed by atoms with van der Waals surface area (Å²) < 4.78 is 0. The van der Waals surface area contributed by atoms with Crippen molar-refractivity contribution in [2.45, 2.75) is 38.6 Å². The van der Waals surface area contributed by atoms with Crippen LogP contribution in [0.3, 0.4) is 0 Å². The second-order valence-electron chi connectivity index (χ2n) is 6.13. The Hall–Kier alpha value is -1.85. The maximum Gasteiger partial charge on any atom is 0.311 e. The summed E-state index contributed by atoms with van der Waals surface area (Å²) in [6, 6.07) is 3.38. The van der Waals surface area contributed by atoms with Crippen molar-refractivity contribution >= 4 is 17.3 Å². The van der Waals surface area contributed by atoms with Gasteiger partial charge in [0.2, 0.25) is 5.82 Å². The van der Waals surface area contributed by atoms with Crippen molar-refractivity contribution in [1.29, 1.82) is 0 Å². The smallest absolute Gasteiger partial charge is 0.311 e. The maximum absolute atomic E-state index is 10.7. The average molecular weight is 276 g/mol. The van der Waals surface area contributed by atoms with Crippen LogP contribution in [0.2, 0.25) is 0 Å². The quantitative estimate of drug-likeness (QED) is 0.651. The van der Waals surface area contributed by atoms with Gasteiger partial charge in [0.1, 0.15) is 5.82 Å². The standard InChI is InChI=1S/C14H20N4O2/c1-8(11-7-9-2-3-10(11)6-9)16-13-5-4-12(18(19)20)14(15)17-13/h4-5,8-11H,2-3,6-7H2,1H3,(H3,15,16,17). The lowest BCUT2D eigenvalue weighted by molar-refractivity contribution is -0.384. The number of nitrogens with zero attached hydrogens (tertiary/aromatic N) is 2. The third-order valence-electron chi connectivity index (χ3n) is 4.91. The molecule has 1 aromatic heterocycles. The predicted molar refractivity (Wildman–Crippen MR) is 77.3 cm³/mol. The Labute approximate surface area is 117 Å². The minimum atomic E-state index is -0.508. The van der Waals surface area contributed by atoms with Gasteiger partial charge in [-0.2, -0.15) is 0 Å². The molecule has 0 spiro atoms. The van der Waals surface area contributed by atoms with Crippen LogP contribution in [0.15, 0.2) is 12.1 Å². The predicted octanol–water partition coefficient (Wildman–Crippen LogP) is 2.81. The van der Waals surface area contributed by atoms with Gasteiger partial charge >= 0.3 is 5.69 Å². The SMILES string of the molecule is CC(Nc1ccc([N+](=O)[O-])c(N)n1)C1CC2CCC1C2. The Morgan fingerprint density at radius 2 is 2.25 bits per heavy atom. The number of rotatable bonds is 4. The Balaban J connectivity index is 1.68. The largest absolute Gasteiger partial charge is 0.378 e. The van der Waals surface area contributed by atoms with Gasteiger partial charge in [-0.1, -0.05) is 6.42 Å². The lowest BCUT2D eigenvalue weighted by atomic mass is 9.84. The minimum Gasteiger partial charge on any atom is -0.378 e. The van der Waals surface area contributed by atoms with Crippen LogP contribution >= 0.6 is 0 Å². The van der Waals surface area contributed by atoms with Crippen LogP contribution in [0.4, 0.5) is 17.3 Å². The summed E-state index contributed by atoms with van der Waals surface area (Å²) in [4.78, 5) is 14.3. The molecule has 20 heavy (non-hydrogen) atoms. The maximum atomic E-state index is 10.7. The number of pyridine rings is 1. The first-order valence-corrected chi connectivity index (χ1v) is 7.22. The molecule has 3 N–H and O–H groups in total. The van der Waals surface area contributed by atoms with Crippen LogP contribution in [-0.2, 0) is 0 Å². The molecule has 4 unspecified atom stereocenters. The van der Waals surface area contributed by atoms with E-state index in [9.17, 15) is 10.1 Å². The van der Waals surface area contributed by atoms with Crippen LogP contribution in [0.1, 0.15) is 32.6 Å². The molecule has 6 heteroatoms. The van der Waals surface area contributed by atoms with Gasteiger partial charge in [-0.3, -0.25) is 10.1 Å². The van der Waals surface area contributed by atoms with Crippen molar-refractivity contribution in [3.05, 3.63) is 22.2 Å². The third kappa shape index (κ3) is 2.30. The molecule has 0 radical (unpaired) electrons. The van der Waals surface area contributed by atoms with Crippen LogP contribution < -0.4 is 11.1 Å². The van der Waals surface area contributed by atoms with Gasteiger partial charge in [0.05, 0.1) is 4.92 Å². The number of fused-ring (bicyclic) bond motifs is 2. The minimum absolute atomic E-state index is 0.0276. The van der Waals surface area contributed by atoms with E-state index >= 15 is 0 Å². The van der Waals surface area contributed by atoms with Crippen LogP contribution in [0.5, 0.6) is 0 Å². The van der Waals surface area contributed by atoms with Crippen LogP contribution in [0, 0.1) is 27.9 Å². The van der Waals surface area contributed by atoms with Gasteiger partial charge in [0, 0.05) is 12.1 Å². The summed E-state index contributed by atoms with van der Waals surface area (Å²) in [5.74, 6) is 3.03. The monoisotopic (exact) mass is 276 g/mol. The second-order valence-corrected chi connectivity index (χ2v) is 6.13. The van der Waals surface area contributed by atoms with Crippen LogP contribution in [0.25, 0.3) is 0 Å². The summed E-state index contributed by atoms with van der Waals surface area (Å²) >= 11 is 0. The first-order chi connectivity index (χ1) is 9.54. The van der Waals surface area contributed by atoms with Gasteiger partial charge in [0.15, 0.2) is 0 Å². The molecular formula is C14H20N4O2. The van der Waals surface area contributed by atoms with Crippen LogP contribution in [-0.4, -0.2) is 15.9 Å². The molecule has 4 atom stereocenters. The van der Waals surface area contributed by atoms with Gasteiger partial charge in [-0.05, 0) is 50.0 Å². The Morgan fingerprint density at radius 1 is 1.45 bits per heavy atom. The van der Waals surface area contributed by atoms with E-state index in [1.807, 2.05) is 0 Å². The first kappa shape index (κ1) is 13.1. The van der Waals surface area contributed by atoms with E-state index in [1.165, 1.54) is 31.7 Å². The zero-order valence-electron chi connectivity index (χ0n) is 11.6. The fourth-order valence-electron chi connectivity index (χ4n) is 3.95. The summed E-state index contributed by atoms with van der Waals surface area (Å²) in [6.45, 7) is 2.17. The molecule has 1 aromatic rings. The fourth-order valence-corrected chi connectivity index (χ4v) is 3.95. The van der Waals surface area contributed by atoms with E-state index in [4.69, 9.17) is 5.73 Å². The summed E-state index contributed by atoms with van der Waals surface area (Å²) in [7, 11) is 0. The topological polar surface area (TPSA) is 94.1 Å². The number of nitrogens with one attached hydrogen (secondary N) is 1. The Morgan fingerprint density at radius 3 is 2.80 bits per heavy atom. The molecule has 3 rings (SSSR count). The highest BCUT2D eigenvalue weighted by Gasteiger charge is 2.41. The Bertz CT molecular complexity index is 534. The molecule has 2 fully saturated rings. The molecule has 0 saturated heterocycles. The molecule has 0 aromatic carbocycles. The van der Waals surface area contributed by atoms with E-state index in [2.05, 4.69) is 17.2 Å². The molecular weight excluding hydrogens is 256 g/mol. The number of nitro groups is 1. The van der Waals surface area contributed by atoms with E-state index in [0.717, 1.165) is 11.8 Å². The molecule has 2 bridgehead atoms. The van der Waals surface area contributed by atoms with Crippen molar-refractivity contribution in [2.75, 3.05) is 11.1 Å². The summed E-state index contributed by atoms with van der Waals surface area (Å²) in [5.41, 5.74) is 5.48. The van der Waals surface area contributed by atoms with Gasteiger partial charge in [-0.25, -0.2) is 4.98 Å². The fraction of sp³-hybridized carbons (Fsp3) is 0.643. The molecule has 0 amide bonds. The zero-order chi connectivity index (χ0) is 14.3. The number of anilines is 2. The van der Waals surface area contributed by atoms with E-state index < -0.39 is 4.92 Å². The highest BCUT2D eigenvalue weighted by molar-refractivity contribution is 5.57. The molecule has 108 valence electrons. The van der Waals surface area contributed by atoms with Crippen molar-refractivity contribution in [3.8, 4) is 0 Å². The zero-order valence-corrected chi connectivity index (χ0v) is 11.6. The summed E-state index contributed by atoms with van der Waals surface area (Å²) in [5, 5.41) is 14.1. The lowest BCUT2D eigenvalue weighted by Crippen LogP contribution is -2.30. The molecule has 2 saturated carbocycles. The van der Waals surface area contributed by atoms with Crippen molar-refractivity contribution in [1.82, 2.24) is 4.98 Å². The molecule has 2 aliphatic rings.